The van der Waals surface area contributed by atoms with Crippen molar-refractivity contribution < 1.29 is 0 Å². The van der Waals surface area contributed by atoms with E-state index in [-0.39, 0.29) is 0 Å². The van der Waals surface area contributed by atoms with Crippen LogP contribution in [0.4, 0.5) is 0 Å². The zero-order valence-electron chi connectivity index (χ0n) is 9.69. The van der Waals surface area contributed by atoms with Gasteiger partial charge in [0.15, 0.2) is 0 Å². The highest BCUT2D eigenvalue weighted by Crippen LogP contribution is 2.12. The molecule has 0 spiro atoms. The third kappa shape index (κ3) is 4.22. The molecule has 17 heavy (non-hydrogen) atoms. The second-order valence-electron chi connectivity index (χ2n) is 4.09. The van der Waals surface area contributed by atoms with Crippen LogP contribution in [-0.4, -0.2) is 11.0 Å². The Labute approximate surface area is 114 Å². The fourth-order valence-corrected chi connectivity index (χ4v) is 2.47. The van der Waals surface area contributed by atoms with Gasteiger partial charge in [0, 0.05) is 22.4 Å². The summed E-state index contributed by atoms with van der Waals surface area (Å²) in [5.74, 6) is 0. The fourth-order valence-electron chi connectivity index (χ4n) is 1.65. The molecule has 1 aromatic heterocycles. The largest absolute Gasteiger partial charge is 0.308 e. The van der Waals surface area contributed by atoms with Crippen LogP contribution in [0.15, 0.2) is 39.6 Å². The lowest BCUT2D eigenvalue weighted by atomic mass is 10.1. The molecule has 1 unspecified atom stereocenters. The van der Waals surface area contributed by atoms with Crippen LogP contribution in [0.2, 0.25) is 0 Å². The van der Waals surface area contributed by atoms with Crippen molar-refractivity contribution >= 4 is 27.3 Å². The molecule has 4 heteroatoms. The number of hydrogen-bond acceptors (Lipinski definition) is 3. The van der Waals surface area contributed by atoms with Gasteiger partial charge in [-0.1, -0.05) is 28.1 Å². The fraction of sp³-hybridized carbons (Fsp3) is 0.308. The van der Waals surface area contributed by atoms with E-state index in [2.05, 4.69) is 62.8 Å². The summed E-state index contributed by atoms with van der Waals surface area (Å²) in [6, 6.07) is 8.94. The molecule has 0 saturated heterocycles. The smallest absolute Gasteiger partial charge is 0.0795 e. The Kier molecular flexibility index (Phi) is 4.71. The Balaban J connectivity index is 1.80. The summed E-state index contributed by atoms with van der Waals surface area (Å²) in [5.41, 5.74) is 4.35. The SMILES string of the molecule is CC(Cc1ccc(Br)cc1)NCc1cscn1. The predicted molar refractivity (Wildman–Crippen MR) is 76.3 cm³/mol. The number of hydrogen-bond donors (Lipinski definition) is 1. The van der Waals surface area contributed by atoms with Gasteiger partial charge in [0.2, 0.25) is 0 Å². The standard InChI is InChI=1S/C13H15BrN2S/c1-10(15-7-13-8-17-9-16-13)6-11-2-4-12(14)5-3-11/h2-5,8-10,15H,6-7H2,1H3. The van der Waals surface area contributed by atoms with Crippen molar-refractivity contribution in [2.24, 2.45) is 0 Å². The van der Waals surface area contributed by atoms with Gasteiger partial charge in [-0.05, 0) is 31.0 Å². The highest BCUT2D eigenvalue weighted by molar-refractivity contribution is 9.10. The van der Waals surface area contributed by atoms with E-state index in [0.29, 0.717) is 6.04 Å². The number of thiazole rings is 1. The lowest BCUT2D eigenvalue weighted by molar-refractivity contribution is 0.541. The van der Waals surface area contributed by atoms with Crippen LogP contribution in [0.5, 0.6) is 0 Å². The maximum Gasteiger partial charge on any atom is 0.0795 e. The maximum atomic E-state index is 4.26. The van der Waals surface area contributed by atoms with Gasteiger partial charge < -0.3 is 5.32 Å². The molecule has 0 radical (unpaired) electrons. The van der Waals surface area contributed by atoms with Gasteiger partial charge in [0.1, 0.15) is 0 Å². The van der Waals surface area contributed by atoms with Crippen molar-refractivity contribution in [3.63, 3.8) is 0 Å². The molecule has 1 aromatic carbocycles. The van der Waals surface area contributed by atoms with Crippen molar-refractivity contribution in [1.29, 1.82) is 0 Å². The van der Waals surface area contributed by atoms with Crippen LogP contribution >= 0.6 is 27.3 Å². The normalized spacial score (nSPS) is 12.6. The molecule has 1 atom stereocenters. The Morgan fingerprint density at radius 3 is 2.76 bits per heavy atom. The molecule has 2 nitrogen and oxygen atoms in total. The van der Waals surface area contributed by atoms with Gasteiger partial charge in [0.05, 0.1) is 11.2 Å². The molecular weight excluding hydrogens is 296 g/mol. The van der Waals surface area contributed by atoms with Gasteiger partial charge in [0.25, 0.3) is 0 Å². The number of benzene rings is 1. The minimum absolute atomic E-state index is 0.456. The molecule has 2 aromatic rings. The molecule has 0 aliphatic rings. The summed E-state index contributed by atoms with van der Waals surface area (Å²) in [4.78, 5) is 4.26. The molecular formula is C13H15BrN2S. The molecule has 2 rings (SSSR count). The molecule has 1 heterocycles. The van der Waals surface area contributed by atoms with Crippen molar-refractivity contribution in [1.82, 2.24) is 10.3 Å². The van der Waals surface area contributed by atoms with E-state index in [1.165, 1.54) is 5.56 Å². The number of nitrogens with zero attached hydrogens (tertiary/aromatic N) is 1. The van der Waals surface area contributed by atoms with Gasteiger partial charge in [-0.25, -0.2) is 4.98 Å². The van der Waals surface area contributed by atoms with E-state index >= 15 is 0 Å². The lowest BCUT2D eigenvalue weighted by Crippen LogP contribution is -2.27. The third-order valence-corrected chi connectivity index (χ3v) is 3.73. The van der Waals surface area contributed by atoms with Crippen molar-refractivity contribution in [3.05, 3.63) is 50.9 Å². The predicted octanol–water partition coefficient (Wildman–Crippen LogP) is 3.63. The molecule has 0 bridgehead atoms. The van der Waals surface area contributed by atoms with Crippen LogP contribution in [0, 0.1) is 0 Å². The zero-order chi connectivity index (χ0) is 12.1. The highest BCUT2D eigenvalue weighted by Gasteiger charge is 2.04. The van der Waals surface area contributed by atoms with E-state index in [4.69, 9.17) is 0 Å². The zero-order valence-corrected chi connectivity index (χ0v) is 12.1. The van der Waals surface area contributed by atoms with Crippen LogP contribution in [0.3, 0.4) is 0 Å². The number of nitrogens with one attached hydrogen (secondary N) is 1. The minimum Gasteiger partial charge on any atom is -0.308 e. The topological polar surface area (TPSA) is 24.9 Å². The van der Waals surface area contributed by atoms with Gasteiger partial charge in [-0.3, -0.25) is 0 Å². The average Bonchev–Trinajstić information content (AvgIpc) is 2.83. The Hall–Kier alpha value is -0.710. The van der Waals surface area contributed by atoms with Crippen LogP contribution in [0.1, 0.15) is 18.2 Å². The maximum absolute atomic E-state index is 4.26. The first-order chi connectivity index (χ1) is 8.24. The van der Waals surface area contributed by atoms with Crippen molar-refractivity contribution in [2.45, 2.75) is 25.9 Å². The van der Waals surface area contributed by atoms with Gasteiger partial charge >= 0.3 is 0 Å². The summed E-state index contributed by atoms with van der Waals surface area (Å²) >= 11 is 5.09. The number of rotatable bonds is 5. The number of aromatic nitrogens is 1. The number of halogens is 1. The quantitative estimate of drug-likeness (QED) is 0.912. The second kappa shape index (κ2) is 6.28. The molecule has 0 saturated carbocycles. The summed E-state index contributed by atoms with van der Waals surface area (Å²) in [6.45, 7) is 3.05. The Morgan fingerprint density at radius 1 is 1.35 bits per heavy atom. The van der Waals surface area contributed by atoms with Gasteiger partial charge in [-0.2, -0.15) is 0 Å². The average molecular weight is 311 g/mol. The van der Waals surface area contributed by atoms with Gasteiger partial charge in [-0.15, -0.1) is 11.3 Å². The first kappa shape index (κ1) is 12.7. The van der Waals surface area contributed by atoms with E-state index < -0.39 is 0 Å². The molecule has 0 amide bonds. The molecule has 0 aliphatic heterocycles. The van der Waals surface area contributed by atoms with Crippen molar-refractivity contribution in [3.8, 4) is 0 Å². The summed E-state index contributed by atoms with van der Waals surface area (Å²) in [6.07, 6.45) is 1.04. The minimum atomic E-state index is 0.456. The van der Waals surface area contributed by atoms with E-state index in [1.54, 1.807) is 11.3 Å². The summed E-state index contributed by atoms with van der Waals surface area (Å²) in [7, 11) is 0. The third-order valence-electron chi connectivity index (χ3n) is 2.57. The molecule has 1 N–H and O–H groups in total. The van der Waals surface area contributed by atoms with Crippen LogP contribution < -0.4 is 5.32 Å². The van der Waals surface area contributed by atoms with E-state index in [1.807, 2.05) is 5.51 Å². The van der Waals surface area contributed by atoms with E-state index in [0.717, 1.165) is 23.1 Å². The molecule has 0 aliphatic carbocycles. The first-order valence-corrected chi connectivity index (χ1v) is 7.32. The first-order valence-electron chi connectivity index (χ1n) is 5.59. The monoisotopic (exact) mass is 310 g/mol. The van der Waals surface area contributed by atoms with E-state index in [9.17, 15) is 0 Å². The molecule has 90 valence electrons. The van der Waals surface area contributed by atoms with Crippen LogP contribution in [0.25, 0.3) is 0 Å². The Bertz CT molecular complexity index is 439. The summed E-state index contributed by atoms with van der Waals surface area (Å²) in [5, 5.41) is 5.56. The van der Waals surface area contributed by atoms with Crippen molar-refractivity contribution in [2.75, 3.05) is 0 Å². The highest BCUT2D eigenvalue weighted by atomic mass is 79.9. The van der Waals surface area contributed by atoms with Crippen LogP contribution in [-0.2, 0) is 13.0 Å². The Morgan fingerprint density at radius 2 is 2.12 bits per heavy atom. The lowest BCUT2D eigenvalue weighted by Gasteiger charge is -2.13. The second-order valence-corrected chi connectivity index (χ2v) is 5.73. The molecule has 0 fully saturated rings. The summed E-state index contributed by atoms with van der Waals surface area (Å²) < 4.78 is 1.13.